The summed E-state index contributed by atoms with van der Waals surface area (Å²) in [6.07, 6.45) is 1.71. The lowest BCUT2D eigenvalue weighted by Crippen LogP contribution is -2.26. The topological polar surface area (TPSA) is 76.1 Å². The molecule has 7 heteroatoms. The Kier molecular flexibility index (Phi) is 6.16. The number of hydrogen-bond acceptors (Lipinski definition) is 5. The number of anilines is 2. The van der Waals surface area contributed by atoms with Crippen LogP contribution in [0.3, 0.4) is 0 Å². The number of nitrogens with one attached hydrogen (secondary N) is 2. The Bertz CT molecular complexity index is 978. The van der Waals surface area contributed by atoms with E-state index in [2.05, 4.69) is 20.6 Å². The van der Waals surface area contributed by atoms with E-state index in [9.17, 15) is 9.18 Å². The van der Waals surface area contributed by atoms with Crippen LogP contribution >= 0.6 is 0 Å². The fraction of sp³-hybridized carbons (Fsp3) is 0.190. The standard InChI is InChI=1S/C21H21FN4O2/c1-14-7-8-19(28-2)17(11-14)26-20-12-18(24-13-25-20)21(27)23-10-9-15-5-3-4-6-16(15)22/h3-8,11-13H,9-10H2,1-2H3,(H,23,27)(H,24,25,26). The number of carbonyl (C=O) groups excluding carboxylic acids is 1. The maximum Gasteiger partial charge on any atom is 0.270 e. The second-order valence-corrected chi connectivity index (χ2v) is 6.21. The summed E-state index contributed by atoms with van der Waals surface area (Å²) in [5.41, 5.74) is 2.58. The van der Waals surface area contributed by atoms with E-state index in [-0.39, 0.29) is 17.4 Å². The third kappa shape index (κ3) is 4.82. The van der Waals surface area contributed by atoms with Crippen LogP contribution in [0.1, 0.15) is 21.6 Å². The molecule has 0 radical (unpaired) electrons. The molecule has 0 atom stereocenters. The number of nitrogens with zero attached hydrogens (tertiary/aromatic N) is 2. The van der Waals surface area contributed by atoms with Crippen molar-refractivity contribution in [3.05, 3.63) is 77.5 Å². The number of amides is 1. The summed E-state index contributed by atoms with van der Waals surface area (Å²) < 4.78 is 19.0. The van der Waals surface area contributed by atoms with Gasteiger partial charge in [-0.25, -0.2) is 14.4 Å². The van der Waals surface area contributed by atoms with Crippen molar-refractivity contribution in [2.75, 3.05) is 19.0 Å². The van der Waals surface area contributed by atoms with Gasteiger partial charge in [0.1, 0.15) is 29.4 Å². The molecule has 0 bridgehead atoms. The molecule has 1 aromatic heterocycles. The van der Waals surface area contributed by atoms with E-state index in [0.29, 0.717) is 30.1 Å². The Morgan fingerprint density at radius 1 is 1.14 bits per heavy atom. The molecule has 2 N–H and O–H groups in total. The maximum absolute atomic E-state index is 13.6. The molecule has 0 aliphatic heterocycles. The van der Waals surface area contributed by atoms with Crippen LogP contribution in [0.2, 0.25) is 0 Å². The third-order valence-corrected chi connectivity index (χ3v) is 4.16. The zero-order valence-corrected chi connectivity index (χ0v) is 15.7. The number of hydrogen-bond donors (Lipinski definition) is 2. The fourth-order valence-electron chi connectivity index (χ4n) is 2.71. The van der Waals surface area contributed by atoms with Crippen LogP contribution < -0.4 is 15.4 Å². The highest BCUT2D eigenvalue weighted by atomic mass is 19.1. The SMILES string of the molecule is COc1ccc(C)cc1Nc1cc(C(=O)NCCc2ccccc2F)ncn1. The Labute approximate surface area is 162 Å². The minimum Gasteiger partial charge on any atom is -0.495 e. The monoisotopic (exact) mass is 380 g/mol. The van der Waals surface area contributed by atoms with Gasteiger partial charge in [0.05, 0.1) is 12.8 Å². The van der Waals surface area contributed by atoms with E-state index in [1.165, 1.54) is 12.4 Å². The molecule has 0 aliphatic carbocycles. The van der Waals surface area contributed by atoms with Gasteiger partial charge in [-0.1, -0.05) is 24.3 Å². The molecule has 3 rings (SSSR count). The quantitative estimate of drug-likeness (QED) is 0.654. The van der Waals surface area contributed by atoms with Crippen LogP contribution in [-0.2, 0) is 6.42 Å². The van der Waals surface area contributed by atoms with Crippen molar-refractivity contribution in [1.29, 1.82) is 0 Å². The molecule has 0 saturated heterocycles. The van der Waals surface area contributed by atoms with E-state index < -0.39 is 0 Å². The first-order valence-corrected chi connectivity index (χ1v) is 8.82. The van der Waals surface area contributed by atoms with Crippen LogP contribution in [0.15, 0.2) is 54.9 Å². The molecule has 3 aromatic rings. The summed E-state index contributed by atoms with van der Waals surface area (Å²) in [6.45, 7) is 2.28. The van der Waals surface area contributed by atoms with Crippen molar-refractivity contribution in [3.8, 4) is 5.75 Å². The minimum atomic E-state index is -0.349. The van der Waals surface area contributed by atoms with Gasteiger partial charge in [-0.15, -0.1) is 0 Å². The van der Waals surface area contributed by atoms with E-state index in [1.807, 2.05) is 25.1 Å². The van der Waals surface area contributed by atoms with Crippen molar-refractivity contribution < 1.29 is 13.9 Å². The Balaban J connectivity index is 1.65. The number of ether oxygens (including phenoxy) is 1. The molecule has 2 aromatic carbocycles. The van der Waals surface area contributed by atoms with Gasteiger partial charge in [-0.3, -0.25) is 4.79 Å². The Hall–Kier alpha value is -3.48. The third-order valence-electron chi connectivity index (χ3n) is 4.16. The molecule has 28 heavy (non-hydrogen) atoms. The second-order valence-electron chi connectivity index (χ2n) is 6.21. The first-order chi connectivity index (χ1) is 13.6. The molecular formula is C21H21FN4O2. The van der Waals surface area contributed by atoms with E-state index >= 15 is 0 Å². The fourth-order valence-corrected chi connectivity index (χ4v) is 2.71. The lowest BCUT2D eigenvalue weighted by Gasteiger charge is -2.12. The summed E-state index contributed by atoms with van der Waals surface area (Å²) in [7, 11) is 1.59. The Morgan fingerprint density at radius 2 is 1.96 bits per heavy atom. The molecular weight excluding hydrogens is 359 g/mol. The molecule has 1 amide bonds. The van der Waals surface area contributed by atoms with Gasteiger partial charge in [-0.2, -0.15) is 0 Å². The van der Waals surface area contributed by atoms with E-state index in [4.69, 9.17) is 4.74 Å². The molecule has 0 aliphatic rings. The van der Waals surface area contributed by atoms with Gasteiger partial charge in [0.2, 0.25) is 0 Å². The first kappa shape index (κ1) is 19.3. The lowest BCUT2D eigenvalue weighted by molar-refractivity contribution is 0.0949. The van der Waals surface area contributed by atoms with Crippen molar-refractivity contribution in [1.82, 2.24) is 15.3 Å². The molecule has 1 heterocycles. The van der Waals surface area contributed by atoms with Crippen molar-refractivity contribution in [2.24, 2.45) is 0 Å². The van der Waals surface area contributed by atoms with Gasteiger partial charge >= 0.3 is 0 Å². The van der Waals surface area contributed by atoms with Crippen LogP contribution in [0.4, 0.5) is 15.9 Å². The van der Waals surface area contributed by atoms with Crippen molar-refractivity contribution in [2.45, 2.75) is 13.3 Å². The van der Waals surface area contributed by atoms with Gasteiger partial charge in [-0.05, 0) is 42.7 Å². The molecule has 0 fully saturated rings. The number of halogens is 1. The highest BCUT2D eigenvalue weighted by Gasteiger charge is 2.11. The molecule has 144 valence electrons. The number of aryl methyl sites for hydroxylation is 1. The van der Waals surface area contributed by atoms with Crippen LogP contribution in [-0.4, -0.2) is 29.5 Å². The first-order valence-electron chi connectivity index (χ1n) is 8.82. The molecule has 0 saturated carbocycles. The smallest absolute Gasteiger partial charge is 0.270 e. The maximum atomic E-state index is 13.6. The number of rotatable bonds is 7. The summed E-state index contributed by atoms with van der Waals surface area (Å²) in [4.78, 5) is 20.5. The largest absolute Gasteiger partial charge is 0.495 e. The van der Waals surface area contributed by atoms with Gasteiger partial charge in [0.25, 0.3) is 5.91 Å². The number of carbonyl (C=O) groups is 1. The van der Waals surface area contributed by atoms with Gasteiger partial charge in [0.15, 0.2) is 0 Å². The van der Waals surface area contributed by atoms with Gasteiger partial charge in [0, 0.05) is 12.6 Å². The second kappa shape index (κ2) is 8.94. The normalized spacial score (nSPS) is 10.4. The highest BCUT2D eigenvalue weighted by Crippen LogP contribution is 2.27. The average Bonchev–Trinajstić information content (AvgIpc) is 2.70. The zero-order chi connectivity index (χ0) is 19.9. The molecule has 0 unspecified atom stereocenters. The van der Waals surface area contributed by atoms with Crippen molar-refractivity contribution >= 4 is 17.4 Å². The van der Waals surface area contributed by atoms with E-state index in [0.717, 1.165) is 11.3 Å². The summed E-state index contributed by atoms with van der Waals surface area (Å²) in [6, 6.07) is 13.8. The highest BCUT2D eigenvalue weighted by molar-refractivity contribution is 5.93. The van der Waals surface area contributed by atoms with Crippen molar-refractivity contribution in [3.63, 3.8) is 0 Å². The summed E-state index contributed by atoms with van der Waals surface area (Å²) in [5, 5.41) is 5.89. The van der Waals surface area contributed by atoms with E-state index in [1.54, 1.807) is 31.4 Å². The minimum absolute atomic E-state index is 0.220. The number of benzene rings is 2. The number of aromatic nitrogens is 2. The lowest BCUT2D eigenvalue weighted by atomic mass is 10.1. The predicted molar refractivity (Wildman–Crippen MR) is 105 cm³/mol. The zero-order valence-electron chi connectivity index (χ0n) is 15.7. The molecule has 6 nitrogen and oxygen atoms in total. The summed E-state index contributed by atoms with van der Waals surface area (Å²) >= 11 is 0. The summed E-state index contributed by atoms with van der Waals surface area (Å²) in [5.74, 6) is 0.508. The van der Waals surface area contributed by atoms with Crippen LogP contribution in [0.25, 0.3) is 0 Å². The molecule has 0 spiro atoms. The Morgan fingerprint density at radius 3 is 2.75 bits per heavy atom. The van der Waals surface area contributed by atoms with Crippen LogP contribution in [0, 0.1) is 12.7 Å². The number of methoxy groups -OCH3 is 1. The average molecular weight is 380 g/mol. The van der Waals surface area contributed by atoms with Gasteiger partial charge < -0.3 is 15.4 Å². The predicted octanol–water partition coefficient (Wildman–Crippen LogP) is 3.65. The van der Waals surface area contributed by atoms with Crippen LogP contribution in [0.5, 0.6) is 5.75 Å².